The molecular formula is C19H25N3O6S. The lowest BCUT2D eigenvalue weighted by molar-refractivity contribution is -0.120. The second kappa shape index (κ2) is 8.42. The van der Waals surface area contributed by atoms with Gasteiger partial charge in [0.25, 0.3) is 0 Å². The van der Waals surface area contributed by atoms with Crippen molar-refractivity contribution in [2.45, 2.75) is 31.6 Å². The lowest BCUT2D eigenvalue weighted by atomic mass is 9.98. The summed E-state index contributed by atoms with van der Waals surface area (Å²) in [6.07, 6.45) is 1.19. The van der Waals surface area contributed by atoms with Gasteiger partial charge in [0.05, 0.1) is 20.1 Å². The quantitative estimate of drug-likeness (QED) is 0.759. The summed E-state index contributed by atoms with van der Waals surface area (Å²) < 4.78 is 42.9. The normalized spacial score (nSPS) is 17.7. The van der Waals surface area contributed by atoms with Crippen LogP contribution >= 0.6 is 0 Å². The SMILES string of the molecule is COc1ccc(NC(=O)C2CCCN(S(=O)(=O)c3c(C)noc3C)C2)cc1OC. The number of carbonyl (C=O) groups excluding carboxylic acids is 1. The van der Waals surface area contributed by atoms with Crippen LogP contribution in [-0.4, -0.2) is 51.1 Å². The number of aromatic nitrogens is 1. The van der Waals surface area contributed by atoms with Crippen molar-refractivity contribution in [2.75, 3.05) is 32.6 Å². The van der Waals surface area contributed by atoms with Crippen molar-refractivity contribution in [3.05, 3.63) is 29.7 Å². The van der Waals surface area contributed by atoms with E-state index in [4.69, 9.17) is 14.0 Å². The van der Waals surface area contributed by atoms with Gasteiger partial charge in [0.1, 0.15) is 10.6 Å². The highest BCUT2D eigenvalue weighted by molar-refractivity contribution is 7.89. The molecule has 1 atom stereocenters. The first-order chi connectivity index (χ1) is 13.8. The molecule has 29 heavy (non-hydrogen) atoms. The van der Waals surface area contributed by atoms with Crippen LogP contribution in [0.2, 0.25) is 0 Å². The average Bonchev–Trinajstić information content (AvgIpc) is 3.06. The second-order valence-corrected chi connectivity index (χ2v) is 8.79. The first-order valence-corrected chi connectivity index (χ1v) is 10.7. The number of hydrogen-bond acceptors (Lipinski definition) is 7. The molecule has 1 amide bonds. The summed E-state index contributed by atoms with van der Waals surface area (Å²) in [5, 5.41) is 6.58. The van der Waals surface area contributed by atoms with Gasteiger partial charge in [-0.1, -0.05) is 5.16 Å². The van der Waals surface area contributed by atoms with Gasteiger partial charge in [-0.3, -0.25) is 4.79 Å². The lowest BCUT2D eigenvalue weighted by Gasteiger charge is -2.31. The number of anilines is 1. The van der Waals surface area contributed by atoms with Crippen LogP contribution in [0.1, 0.15) is 24.3 Å². The number of piperidine rings is 1. The van der Waals surface area contributed by atoms with Crippen LogP contribution in [0.15, 0.2) is 27.6 Å². The van der Waals surface area contributed by atoms with Crippen LogP contribution in [0.5, 0.6) is 11.5 Å². The molecule has 1 N–H and O–H groups in total. The summed E-state index contributed by atoms with van der Waals surface area (Å²) >= 11 is 0. The van der Waals surface area contributed by atoms with Gasteiger partial charge in [0.15, 0.2) is 17.3 Å². The van der Waals surface area contributed by atoms with Crippen LogP contribution < -0.4 is 14.8 Å². The molecule has 1 aliphatic rings. The molecule has 1 aromatic carbocycles. The van der Waals surface area contributed by atoms with Crippen molar-refractivity contribution in [1.82, 2.24) is 9.46 Å². The summed E-state index contributed by atoms with van der Waals surface area (Å²) in [5.74, 6) is 0.596. The number of methoxy groups -OCH3 is 2. The monoisotopic (exact) mass is 423 g/mol. The molecule has 10 heteroatoms. The van der Waals surface area contributed by atoms with Crippen molar-refractivity contribution in [2.24, 2.45) is 5.92 Å². The van der Waals surface area contributed by atoms with Crippen molar-refractivity contribution < 1.29 is 27.2 Å². The fourth-order valence-corrected chi connectivity index (χ4v) is 5.32. The van der Waals surface area contributed by atoms with E-state index in [9.17, 15) is 13.2 Å². The number of hydrogen-bond donors (Lipinski definition) is 1. The Bertz CT molecular complexity index is 982. The summed E-state index contributed by atoms with van der Waals surface area (Å²) in [6.45, 7) is 3.62. The van der Waals surface area contributed by atoms with Crippen LogP contribution in [0.4, 0.5) is 5.69 Å². The maximum absolute atomic E-state index is 13.0. The van der Waals surface area contributed by atoms with Gasteiger partial charge in [-0.15, -0.1) is 0 Å². The van der Waals surface area contributed by atoms with Crippen LogP contribution in [-0.2, 0) is 14.8 Å². The highest BCUT2D eigenvalue weighted by atomic mass is 32.2. The maximum atomic E-state index is 13.0. The number of rotatable bonds is 6. The van der Waals surface area contributed by atoms with Gasteiger partial charge >= 0.3 is 0 Å². The Hall–Kier alpha value is -2.59. The molecule has 1 unspecified atom stereocenters. The molecule has 1 aromatic heterocycles. The molecule has 1 saturated heterocycles. The standard InChI is InChI=1S/C19H25N3O6S/c1-12-18(13(2)28-21-12)29(24,25)22-9-5-6-14(11-22)19(23)20-15-7-8-16(26-3)17(10-15)27-4/h7-8,10,14H,5-6,9,11H2,1-4H3,(H,20,23). The third kappa shape index (κ3) is 4.23. The van der Waals surface area contributed by atoms with Crippen molar-refractivity contribution >= 4 is 21.6 Å². The Balaban J connectivity index is 1.75. The predicted octanol–water partition coefficient (Wildman–Crippen LogP) is 2.35. The molecule has 158 valence electrons. The topological polar surface area (TPSA) is 111 Å². The summed E-state index contributed by atoms with van der Waals surface area (Å²) in [7, 11) is -0.729. The highest BCUT2D eigenvalue weighted by Gasteiger charge is 2.36. The molecule has 9 nitrogen and oxygen atoms in total. The van der Waals surface area contributed by atoms with E-state index in [2.05, 4.69) is 10.5 Å². The van der Waals surface area contributed by atoms with Gasteiger partial charge in [-0.25, -0.2) is 8.42 Å². The van der Waals surface area contributed by atoms with Crippen LogP contribution in [0, 0.1) is 19.8 Å². The number of nitrogens with zero attached hydrogens (tertiary/aromatic N) is 2. The highest BCUT2D eigenvalue weighted by Crippen LogP contribution is 2.31. The number of ether oxygens (including phenoxy) is 2. The number of amides is 1. The van der Waals surface area contributed by atoms with E-state index in [0.717, 1.165) is 0 Å². The summed E-state index contributed by atoms with van der Waals surface area (Å²) in [6, 6.07) is 5.07. The molecule has 2 heterocycles. The summed E-state index contributed by atoms with van der Waals surface area (Å²) in [4.78, 5) is 12.9. The van der Waals surface area contributed by atoms with E-state index in [1.165, 1.54) is 18.5 Å². The second-order valence-electron chi connectivity index (χ2n) is 6.91. The average molecular weight is 423 g/mol. The number of benzene rings is 1. The molecule has 0 bridgehead atoms. The number of nitrogens with one attached hydrogen (secondary N) is 1. The molecular weight excluding hydrogens is 398 g/mol. The Morgan fingerprint density at radius 3 is 2.59 bits per heavy atom. The van der Waals surface area contributed by atoms with Crippen molar-refractivity contribution in [3.63, 3.8) is 0 Å². The number of carbonyl (C=O) groups is 1. The third-order valence-electron chi connectivity index (χ3n) is 4.97. The summed E-state index contributed by atoms with van der Waals surface area (Å²) in [5.41, 5.74) is 0.873. The fraction of sp³-hybridized carbons (Fsp3) is 0.474. The van der Waals surface area contributed by atoms with E-state index in [-0.39, 0.29) is 23.1 Å². The predicted molar refractivity (Wildman–Crippen MR) is 106 cm³/mol. The molecule has 0 aliphatic carbocycles. The minimum Gasteiger partial charge on any atom is -0.493 e. The molecule has 0 saturated carbocycles. The van der Waals surface area contributed by atoms with E-state index in [0.29, 0.717) is 42.3 Å². The zero-order valence-corrected chi connectivity index (χ0v) is 17.7. The zero-order valence-electron chi connectivity index (χ0n) is 16.9. The van der Waals surface area contributed by atoms with Crippen LogP contribution in [0.3, 0.4) is 0 Å². The van der Waals surface area contributed by atoms with E-state index >= 15 is 0 Å². The van der Waals surface area contributed by atoms with Gasteiger partial charge < -0.3 is 19.3 Å². The Morgan fingerprint density at radius 2 is 1.97 bits per heavy atom. The van der Waals surface area contributed by atoms with Gasteiger partial charge in [0.2, 0.25) is 15.9 Å². The first kappa shape index (κ1) is 21.1. The van der Waals surface area contributed by atoms with Gasteiger partial charge in [-0.2, -0.15) is 4.31 Å². The van der Waals surface area contributed by atoms with E-state index in [1.54, 1.807) is 32.0 Å². The van der Waals surface area contributed by atoms with Crippen molar-refractivity contribution in [3.8, 4) is 11.5 Å². The molecule has 0 radical (unpaired) electrons. The molecule has 2 aromatic rings. The zero-order chi connectivity index (χ0) is 21.2. The third-order valence-corrected chi connectivity index (χ3v) is 7.08. The minimum atomic E-state index is -3.78. The fourth-order valence-electron chi connectivity index (χ4n) is 3.51. The van der Waals surface area contributed by atoms with Gasteiger partial charge in [-0.05, 0) is 38.8 Å². The number of sulfonamides is 1. The van der Waals surface area contributed by atoms with Crippen LogP contribution in [0.25, 0.3) is 0 Å². The lowest BCUT2D eigenvalue weighted by Crippen LogP contribution is -2.43. The Kier molecular flexibility index (Phi) is 6.13. The Morgan fingerprint density at radius 1 is 1.24 bits per heavy atom. The first-order valence-electron chi connectivity index (χ1n) is 9.23. The van der Waals surface area contributed by atoms with E-state index < -0.39 is 15.9 Å². The maximum Gasteiger partial charge on any atom is 0.248 e. The van der Waals surface area contributed by atoms with Gasteiger partial charge in [0, 0.05) is 24.8 Å². The molecule has 3 rings (SSSR count). The molecule has 0 spiro atoms. The Labute approximate surface area is 170 Å². The molecule has 1 aliphatic heterocycles. The van der Waals surface area contributed by atoms with E-state index in [1.807, 2.05) is 0 Å². The molecule has 1 fully saturated rings. The van der Waals surface area contributed by atoms with Crippen molar-refractivity contribution in [1.29, 1.82) is 0 Å². The number of aryl methyl sites for hydroxylation is 2. The smallest absolute Gasteiger partial charge is 0.248 e. The largest absolute Gasteiger partial charge is 0.493 e. The minimum absolute atomic E-state index is 0.0819.